The number of sulfonamides is 1. The lowest BCUT2D eigenvalue weighted by Crippen LogP contribution is -2.43. The summed E-state index contributed by atoms with van der Waals surface area (Å²) in [6, 6.07) is 8.89. The SMILES string of the molecule is COc1ccc(S(=O)(=O)NCC(c2ccc3c(c2)OCO3)N2CCOCC2)cc1F. The van der Waals surface area contributed by atoms with E-state index in [1.165, 1.54) is 19.2 Å². The molecule has 1 N–H and O–H groups in total. The molecule has 1 saturated heterocycles. The van der Waals surface area contributed by atoms with Gasteiger partial charge in [-0.05, 0) is 35.9 Å². The van der Waals surface area contributed by atoms with E-state index in [2.05, 4.69) is 9.62 Å². The van der Waals surface area contributed by atoms with Crippen molar-refractivity contribution in [2.24, 2.45) is 0 Å². The molecule has 2 aromatic carbocycles. The molecule has 0 radical (unpaired) electrons. The Morgan fingerprint density at radius 1 is 1.13 bits per heavy atom. The number of fused-ring (bicyclic) bond motifs is 1. The molecule has 1 unspecified atom stereocenters. The Morgan fingerprint density at radius 2 is 1.90 bits per heavy atom. The van der Waals surface area contributed by atoms with E-state index >= 15 is 0 Å². The van der Waals surface area contributed by atoms with Crippen molar-refractivity contribution in [1.82, 2.24) is 9.62 Å². The number of rotatable bonds is 7. The molecule has 30 heavy (non-hydrogen) atoms. The molecular formula is C20H23FN2O6S. The van der Waals surface area contributed by atoms with Crippen molar-refractivity contribution in [2.75, 3.05) is 46.8 Å². The number of benzene rings is 2. The Hall–Kier alpha value is -2.40. The van der Waals surface area contributed by atoms with Crippen LogP contribution in [0.5, 0.6) is 17.2 Å². The zero-order chi connectivity index (χ0) is 21.1. The van der Waals surface area contributed by atoms with Crippen LogP contribution in [0.1, 0.15) is 11.6 Å². The Balaban J connectivity index is 1.56. The van der Waals surface area contributed by atoms with E-state index in [0.29, 0.717) is 37.8 Å². The van der Waals surface area contributed by atoms with Crippen LogP contribution < -0.4 is 18.9 Å². The predicted molar refractivity (Wildman–Crippen MR) is 106 cm³/mol. The summed E-state index contributed by atoms with van der Waals surface area (Å²) in [6.45, 7) is 2.73. The number of hydrogen-bond acceptors (Lipinski definition) is 7. The molecule has 162 valence electrons. The minimum atomic E-state index is -3.92. The first-order valence-electron chi connectivity index (χ1n) is 9.52. The fraction of sp³-hybridized carbons (Fsp3) is 0.400. The Kier molecular flexibility index (Phi) is 6.09. The molecule has 2 aliphatic heterocycles. The van der Waals surface area contributed by atoms with Gasteiger partial charge in [-0.3, -0.25) is 4.90 Å². The van der Waals surface area contributed by atoms with Gasteiger partial charge in [0.2, 0.25) is 16.8 Å². The molecule has 4 rings (SSSR count). The number of ether oxygens (including phenoxy) is 4. The lowest BCUT2D eigenvalue weighted by molar-refractivity contribution is 0.0171. The monoisotopic (exact) mass is 438 g/mol. The largest absolute Gasteiger partial charge is 0.494 e. The van der Waals surface area contributed by atoms with Crippen molar-refractivity contribution in [3.8, 4) is 17.2 Å². The van der Waals surface area contributed by atoms with Crippen LogP contribution >= 0.6 is 0 Å². The third kappa shape index (κ3) is 4.36. The van der Waals surface area contributed by atoms with Crippen molar-refractivity contribution in [2.45, 2.75) is 10.9 Å². The number of hydrogen-bond donors (Lipinski definition) is 1. The lowest BCUT2D eigenvalue weighted by Gasteiger charge is -2.35. The van der Waals surface area contributed by atoms with Crippen LogP contribution in [0.2, 0.25) is 0 Å². The maximum absolute atomic E-state index is 14.0. The number of methoxy groups -OCH3 is 1. The van der Waals surface area contributed by atoms with E-state index in [-0.39, 0.29) is 30.0 Å². The van der Waals surface area contributed by atoms with Gasteiger partial charge in [-0.25, -0.2) is 17.5 Å². The van der Waals surface area contributed by atoms with Crippen molar-refractivity contribution in [3.05, 3.63) is 47.8 Å². The van der Waals surface area contributed by atoms with Crippen LogP contribution in [0.4, 0.5) is 4.39 Å². The summed E-state index contributed by atoms with van der Waals surface area (Å²) in [4.78, 5) is 1.99. The fourth-order valence-electron chi connectivity index (χ4n) is 3.55. The molecule has 1 atom stereocenters. The van der Waals surface area contributed by atoms with E-state index in [9.17, 15) is 12.8 Å². The van der Waals surface area contributed by atoms with E-state index in [1.807, 2.05) is 18.2 Å². The third-order valence-electron chi connectivity index (χ3n) is 5.17. The van der Waals surface area contributed by atoms with Crippen LogP contribution in [0, 0.1) is 5.82 Å². The first-order valence-corrected chi connectivity index (χ1v) is 11.0. The quantitative estimate of drug-likeness (QED) is 0.707. The Bertz CT molecular complexity index is 1010. The highest BCUT2D eigenvalue weighted by Crippen LogP contribution is 2.35. The third-order valence-corrected chi connectivity index (χ3v) is 6.59. The van der Waals surface area contributed by atoms with Crippen LogP contribution in [-0.2, 0) is 14.8 Å². The van der Waals surface area contributed by atoms with Crippen LogP contribution in [-0.4, -0.2) is 60.1 Å². The van der Waals surface area contributed by atoms with E-state index < -0.39 is 15.8 Å². The number of nitrogens with one attached hydrogen (secondary N) is 1. The van der Waals surface area contributed by atoms with E-state index in [0.717, 1.165) is 11.6 Å². The topological polar surface area (TPSA) is 86.3 Å². The fourth-order valence-corrected chi connectivity index (χ4v) is 4.60. The van der Waals surface area contributed by atoms with Crippen molar-refractivity contribution >= 4 is 10.0 Å². The van der Waals surface area contributed by atoms with Crippen molar-refractivity contribution in [1.29, 1.82) is 0 Å². The predicted octanol–water partition coefficient (Wildman–Crippen LogP) is 1.91. The van der Waals surface area contributed by atoms with Crippen LogP contribution in [0.3, 0.4) is 0 Å². The summed E-state index contributed by atoms with van der Waals surface area (Å²) >= 11 is 0. The summed E-state index contributed by atoms with van der Waals surface area (Å²) < 4.78 is 63.3. The van der Waals surface area contributed by atoms with Gasteiger partial charge in [-0.15, -0.1) is 0 Å². The summed E-state index contributed by atoms with van der Waals surface area (Å²) in [5.74, 6) is 0.543. The van der Waals surface area contributed by atoms with Gasteiger partial charge in [-0.2, -0.15) is 0 Å². The molecule has 0 spiro atoms. The highest BCUT2D eigenvalue weighted by atomic mass is 32.2. The minimum Gasteiger partial charge on any atom is -0.494 e. The second-order valence-electron chi connectivity index (χ2n) is 6.93. The number of halogens is 1. The van der Waals surface area contributed by atoms with Gasteiger partial charge >= 0.3 is 0 Å². The van der Waals surface area contributed by atoms with Crippen molar-refractivity contribution < 1.29 is 31.8 Å². The molecule has 2 aromatic rings. The summed E-state index contributed by atoms with van der Waals surface area (Å²) in [5.41, 5.74) is 0.893. The molecule has 0 aromatic heterocycles. The smallest absolute Gasteiger partial charge is 0.240 e. The zero-order valence-corrected chi connectivity index (χ0v) is 17.3. The summed E-state index contributed by atoms with van der Waals surface area (Å²) in [5, 5.41) is 0. The Morgan fingerprint density at radius 3 is 2.63 bits per heavy atom. The first-order chi connectivity index (χ1) is 14.5. The molecule has 1 fully saturated rings. The maximum atomic E-state index is 14.0. The molecule has 8 nitrogen and oxygen atoms in total. The summed E-state index contributed by atoms with van der Waals surface area (Å²) in [6.07, 6.45) is 0. The normalized spacial score (nSPS) is 17.7. The van der Waals surface area contributed by atoms with Gasteiger partial charge in [-0.1, -0.05) is 6.07 Å². The van der Waals surface area contributed by atoms with Gasteiger partial charge in [0.1, 0.15) is 0 Å². The van der Waals surface area contributed by atoms with Gasteiger partial charge in [0.05, 0.1) is 25.2 Å². The van der Waals surface area contributed by atoms with Gasteiger partial charge in [0.25, 0.3) is 0 Å². The van der Waals surface area contributed by atoms with E-state index in [4.69, 9.17) is 18.9 Å². The number of morpholine rings is 1. The Labute approximate surface area is 174 Å². The van der Waals surface area contributed by atoms with Crippen LogP contribution in [0.25, 0.3) is 0 Å². The van der Waals surface area contributed by atoms with Gasteiger partial charge in [0, 0.05) is 25.7 Å². The molecule has 10 heteroatoms. The van der Waals surface area contributed by atoms with Gasteiger partial charge in [0.15, 0.2) is 23.1 Å². The average molecular weight is 438 g/mol. The molecule has 0 amide bonds. The number of nitrogens with zero attached hydrogens (tertiary/aromatic N) is 1. The highest BCUT2D eigenvalue weighted by Gasteiger charge is 2.27. The van der Waals surface area contributed by atoms with Crippen molar-refractivity contribution in [3.63, 3.8) is 0 Å². The van der Waals surface area contributed by atoms with E-state index in [1.54, 1.807) is 0 Å². The molecule has 0 aliphatic carbocycles. The summed E-state index contributed by atoms with van der Waals surface area (Å²) in [7, 11) is -2.60. The van der Waals surface area contributed by atoms with Gasteiger partial charge < -0.3 is 18.9 Å². The standard InChI is InChI=1S/C20H23FN2O6S/c1-26-18-5-3-15(11-16(18)21)30(24,25)22-12-17(23-6-8-27-9-7-23)14-2-4-19-20(10-14)29-13-28-19/h2-5,10-11,17,22H,6-9,12-13H2,1H3. The second-order valence-corrected chi connectivity index (χ2v) is 8.69. The average Bonchev–Trinajstić information content (AvgIpc) is 3.22. The zero-order valence-electron chi connectivity index (χ0n) is 16.5. The maximum Gasteiger partial charge on any atom is 0.240 e. The molecule has 0 bridgehead atoms. The molecule has 2 aliphatic rings. The second kappa shape index (κ2) is 8.76. The lowest BCUT2D eigenvalue weighted by atomic mass is 10.0. The van der Waals surface area contributed by atoms with Crippen LogP contribution in [0.15, 0.2) is 41.3 Å². The molecule has 0 saturated carbocycles. The highest BCUT2D eigenvalue weighted by molar-refractivity contribution is 7.89. The first kappa shape index (κ1) is 20.9. The minimum absolute atomic E-state index is 0.0134. The molecule has 2 heterocycles. The molecular weight excluding hydrogens is 415 g/mol.